The topological polar surface area (TPSA) is 38.9 Å². The minimum atomic E-state index is 0.329. The maximum absolute atomic E-state index is 5.22. The van der Waals surface area contributed by atoms with Crippen molar-refractivity contribution in [3.8, 4) is 0 Å². The van der Waals surface area contributed by atoms with Crippen LogP contribution in [0.2, 0.25) is 0 Å². The molecule has 72 valence electrons. The van der Waals surface area contributed by atoms with E-state index in [0.717, 1.165) is 9.72 Å². The van der Waals surface area contributed by atoms with Gasteiger partial charge in [-0.1, -0.05) is 25.4 Å². The predicted octanol–water partition coefficient (Wildman–Crippen LogP) is 2.97. The lowest BCUT2D eigenvalue weighted by molar-refractivity contribution is 0.260. The zero-order chi connectivity index (χ0) is 9.47. The molecule has 1 fully saturated rings. The molecular weight excluding hydrogens is 279 g/mol. The molecule has 3 nitrogen and oxygen atoms in total. The molecule has 1 aromatic heterocycles. The average molecular weight is 292 g/mol. The van der Waals surface area contributed by atoms with Gasteiger partial charge < -0.3 is 4.52 Å². The van der Waals surface area contributed by atoms with E-state index in [1.165, 1.54) is 19.3 Å². The van der Waals surface area contributed by atoms with Gasteiger partial charge in [0.15, 0.2) is 0 Å². The Morgan fingerprint density at radius 3 is 2.77 bits per heavy atom. The highest BCUT2D eigenvalue weighted by molar-refractivity contribution is 14.1. The third-order valence-corrected chi connectivity index (χ3v) is 3.41. The normalized spacial score (nSPS) is 26.5. The quantitative estimate of drug-likeness (QED) is 0.747. The van der Waals surface area contributed by atoms with Gasteiger partial charge in [-0.15, -0.1) is 0 Å². The minimum Gasteiger partial charge on any atom is -0.338 e. The summed E-state index contributed by atoms with van der Waals surface area (Å²) in [5, 5.41) is 3.83. The van der Waals surface area contributed by atoms with Crippen molar-refractivity contribution in [1.29, 1.82) is 0 Å². The highest BCUT2D eigenvalue weighted by Crippen LogP contribution is 2.48. The molecule has 2 rings (SSSR count). The largest absolute Gasteiger partial charge is 0.338 e. The van der Waals surface area contributed by atoms with Gasteiger partial charge in [-0.05, 0) is 18.3 Å². The molecule has 1 aliphatic carbocycles. The second-order valence-electron chi connectivity index (χ2n) is 4.34. The third-order valence-electron chi connectivity index (χ3n) is 2.97. The summed E-state index contributed by atoms with van der Waals surface area (Å²) >= 11 is 2.08. The summed E-state index contributed by atoms with van der Waals surface area (Å²) in [6.45, 7) is 4.56. The standard InChI is InChI=1S/C9H13IN2O/c1-9(2)5-3-4-6(9)7-11-8(10)12-13-7/h6H,3-5H2,1-2H3. The van der Waals surface area contributed by atoms with Crippen molar-refractivity contribution in [3.05, 3.63) is 9.72 Å². The Hall–Kier alpha value is -0.130. The van der Waals surface area contributed by atoms with Crippen LogP contribution in [0.5, 0.6) is 0 Å². The molecular formula is C9H13IN2O. The molecule has 1 unspecified atom stereocenters. The predicted molar refractivity (Wildman–Crippen MR) is 57.4 cm³/mol. The van der Waals surface area contributed by atoms with E-state index in [4.69, 9.17) is 4.52 Å². The van der Waals surface area contributed by atoms with Gasteiger partial charge in [0.1, 0.15) is 0 Å². The fourth-order valence-corrected chi connectivity index (χ4v) is 2.48. The molecule has 0 aromatic carbocycles. The molecule has 0 bridgehead atoms. The van der Waals surface area contributed by atoms with Crippen molar-refractivity contribution in [2.75, 3.05) is 0 Å². The molecule has 0 amide bonds. The van der Waals surface area contributed by atoms with Gasteiger partial charge in [-0.3, -0.25) is 0 Å². The van der Waals surface area contributed by atoms with Crippen LogP contribution in [-0.2, 0) is 0 Å². The first kappa shape index (κ1) is 9.43. The van der Waals surface area contributed by atoms with Crippen LogP contribution in [-0.4, -0.2) is 10.1 Å². The van der Waals surface area contributed by atoms with Crippen LogP contribution in [0.25, 0.3) is 0 Å². The first-order valence-corrected chi connectivity index (χ1v) is 5.66. The van der Waals surface area contributed by atoms with Gasteiger partial charge in [0.2, 0.25) is 9.72 Å². The molecule has 0 spiro atoms. The molecule has 1 aliphatic rings. The maximum Gasteiger partial charge on any atom is 0.232 e. The summed E-state index contributed by atoms with van der Waals surface area (Å²) in [5.41, 5.74) is 0.329. The summed E-state index contributed by atoms with van der Waals surface area (Å²) in [4.78, 5) is 4.30. The van der Waals surface area contributed by atoms with Crippen LogP contribution in [0.3, 0.4) is 0 Å². The van der Waals surface area contributed by atoms with Crippen LogP contribution >= 0.6 is 22.6 Å². The highest BCUT2D eigenvalue weighted by Gasteiger charge is 2.38. The average Bonchev–Trinajstić information content (AvgIpc) is 2.56. The lowest BCUT2D eigenvalue weighted by atomic mass is 9.82. The molecule has 1 atom stereocenters. The van der Waals surface area contributed by atoms with Crippen molar-refractivity contribution in [2.45, 2.75) is 39.0 Å². The summed E-state index contributed by atoms with van der Waals surface area (Å²) in [6.07, 6.45) is 3.72. The lowest BCUT2D eigenvalue weighted by Crippen LogP contribution is -2.15. The van der Waals surface area contributed by atoms with E-state index >= 15 is 0 Å². The fourth-order valence-electron chi connectivity index (χ4n) is 2.14. The Bertz CT molecular complexity index is 308. The Kier molecular flexibility index (Phi) is 2.33. The SMILES string of the molecule is CC1(C)CCCC1c1nc(I)no1. The highest BCUT2D eigenvalue weighted by atomic mass is 127. The van der Waals surface area contributed by atoms with E-state index in [-0.39, 0.29) is 0 Å². The van der Waals surface area contributed by atoms with Crippen LogP contribution in [0.1, 0.15) is 44.9 Å². The zero-order valence-electron chi connectivity index (χ0n) is 7.88. The molecule has 0 aliphatic heterocycles. The summed E-state index contributed by atoms with van der Waals surface area (Å²) in [5.74, 6) is 1.29. The maximum atomic E-state index is 5.22. The number of halogens is 1. The van der Waals surface area contributed by atoms with Gasteiger partial charge in [0.25, 0.3) is 0 Å². The van der Waals surface area contributed by atoms with Crippen molar-refractivity contribution < 1.29 is 4.52 Å². The first-order valence-electron chi connectivity index (χ1n) is 4.59. The molecule has 4 heteroatoms. The van der Waals surface area contributed by atoms with E-state index in [1.807, 2.05) is 0 Å². The molecule has 0 N–H and O–H groups in total. The first-order chi connectivity index (χ1) is 6.09. The van der Waals surface area contributed by atoms with E-state index in [2.05, 4.69) is 46.6 Å². The van der Waals surface area contributed by atoms with Crippen molar-refractivity contribution >= 4 is 22.6 Å². The monoisotopic (exact) mass is 292 g/mol. The van der Waals surface area contributed by atoms with E-state index in [1.54, 1.807) is 0 Å². The molecule has 1 saturated carbocycles. The van der Waals surface area contributed by atoms with Gasteiger partial charge >= 0.3 is 0 Å². The van der Waals surface area contributed by atoms with Crippen LogP contribution in [0.15, 0.2) is 4.52 Å². The van der Waals surface area contributed by atoms with Crippen LogP contribution < -0.4 is 0 Å². The molecule has 1 heterocycles. The fraction of sp³-hybridized carbons (Fsp3) is 0.778. The summed E-state index contributed by atoms with van der Waals surface area (Å²) in [6, 6.07) is 0. The van der Waals surface area contributed by atoms with Gasteiger partial charge in [-0.2, -0.15) is 4.98 Å². The molecule has 0 saturated heterocycles. The Balaban J connectivity index is 2.26. The molecule has 13 heavy (non-hydrogen) atoms. The van der Waals surface area contributed by atoms with Gasteiger partial charge in [0.05, 0.1) is 0 Å². The number of nitrogens with zero attached hydrogens (tertiary/aromatic N) is 2. The summed E-state index contributed by atoms with van der Waals surface area (Å²) in [7, 11) is 0. The van der Waals surface area contributed by atoms with Crippen LogP contribution in [0, 0.1) is 9.25 Å². The smallest absolute Gasteiger partial charge is 0.232 e. The van der Waals surface area contributed by atoms with Crippen LogP contribution in [0.4, 0.5) is 0 Å². The number of hydrogen-bond acceptors (Lipinski definition) is 3. The summed E-state index contributed by atoms with van der Waals surface area (Å²) < 4.78 is 5.93. The third kappa shape index (κ3) is 1.73. The number of rotatable bonds is 1. The molecule has 0 radical (unpaired) electrons. The van der Waals surface area contributed by atoms with Crippen molar-refractivity contribution in [3.63, 3.8) is 0 Å². The van der Waals surface area contributed by atoms with E-state index in [0.29, 0.717) is 11.3 Å². The Morgan fingerprint density at radius 2 is 2.31 bits per heavy atom. The van der Waals surface area contributed by atoms with Crippen molar-refractivity contribution in [1.82, 2.24) is 10.1 Å². The van der Waals surface area contributed by atoms with Crippen molar-refractivity contribution in [2.24, 2.45) is 5.41 Å². The Morgan fingerprint density at radius 1 is 1.54 bits per heavy atom. The molecule has 1 aromatic rings. The second kappa shape index (κ2) is 3.22. The van der Waals surface area contributed by atoms with Gasteiger partial charge in [-0.25, -0.2) is 0 Å². The Labute approximate surface area is 91.4 Å². The minimum absolute atomic E-state index is 0.329. The second-order valence-corrected chi connectivity index (χ2v) is 5.30. The number of hydrogen-bond donors (Lipinski definition) is 0. The number of aromatic nitrogens is 2. The van der Waals surface area contributed by atoms with Gasteiger partial charge in [0, 0.05) is 28.5 Å². The van der Waals surface area contributed by atoms with E-state index in [9.17, 15) is 0 Å². The van der Waals surface area contributed by atoms with E-state index < -0.39 is 0 Å². The zero-order valence-corrected chi connectivity index (χ0v) is 10.0. The lowest BCUT2D eigenvalue weighted by Gasteiger charge is -2.23.